The molecule has 1 saturated heterocycles. The lowest BCUT2D eigenvalue weighted by atomic mass is 10.0. The van der Waals surface area contributed by atoms with Crippen molar-refractivity contribution in [2.45, 2.75) is 19.5 Å². The molecule has 0 radical (unpaired) electrons. The Morgan fingerprint density at radius 1 is 1.20 bits per heavy atom. The van der Waals surface area contributed by atoms with Crippen LogP contribution in [-0.4, -0.2) is 43.2 Å². The summed E-state index contributed by atoms with van der Waals surface area (Å²) in [7, 11) is 1.67. The zero-order valence-electron chi connectivity index (χ0n) is 14.8. The van der Waals surface area contributed by atoms with Gasteiger partial charge in [0.25, 0.3) is 0 Å². The smallest absolute Gasteiger partial charge is 0.161 e. The van der Waals surface area contributed by atoms with Crippen LogP contribution in [0.15, 0.2) is 42.7 Å². The number of ether oxygens (including phenoxy) is 2. The van der Waals surface area contributed by atoms with Gasteiger partial charge in [-0.1, -0.05) is 6.07 Å². The number of methoxy groups -OCH3 is 1. The van der Waals surface area contributed by atoms with Crippen LogP contribution in [0.3, 0.4) is 0 Å². The molecule has 25 heavy (non-hydrogen) atoms. The van der Waals surface area contributed by atoms with Gasteiger partial charge in [0.1, 0.15) is 0 Å². The van der Waals surface area contributed by atoms with E-state index in [1.807, 2.05) is 25.4 Å². The molecule has 0 aliphatic carbocycles. The number of aromatic nitrogens is 1. The first-order valence-electron chi connectivity index (χ1n) is 8.46. The molecular formula is C19H26ClN3O2. The van der Waals surface area contributed by atoms with Crippen molar-refractivity contribution in [2.75, 3.05) is 33.4 Å². The minimum absolute atomic E-state index is 0. The maximum Gasteiger partial charge on any atom is 0.161 e. The number of hydrogen-bond acceptors (Lipinski definition) is 5. The predicted molar refractivity (Wildman–Crippen MR) is 102 cm³/mol. The van der Waals surface area contributed by atoms with Crippen LogP contribution in [0.4, 0.5) is 0 Å². The summed E-state index contributed by atoms with van der Waals surface area (Å²) >= 11 is 0. The van der Waals surface area contributed by atoms with Crippen molar-refractivity contribution < 1.29 is 9.47 Å². The molecule has 6 heteroatoms. The van der Waals surface area contributed by atoms with E-state index in [4.69, 9.17) is 9.47 Å². The molecule has 1 fully saturated rings. The molecule has 1 unspecified atom stereocenters. The fourth-order valence-corrected chi connectivity index (χ4v) is 3.17. The van der Waals surface area contributed by atoms with Gasteiger partial charge in [-0.25, -0.2) is 0 Å². The Bertz CT molecular complexity index is 654. The highest BCUT2D eigenvalue weighted by Crippen LogP contribution is 2.30. The average molecular weight is 364 g/mol. The Morgan fingerprint density at radius 3 is 2.72 bits per heavy atom. The quantitative estimate of drug-likeness (QED) is 0.854. The van der Waals surface area contributed by atoms with E-state index >= 15 is 0 Å². The minimum atomic E-state index is 0. The van der Waals surface area contributed by atoms with E-state index in [0.29, 0.717) is 12.6 Å². The summed E-state index contributed by atoms with van der Waals surface area (Å²) in [5.41, 5.74) is 2.54. The zero-order valence-corrected chi connectivity index (χ0v) is 15.6. The van der Waals surface area contributed by atoms with Crippen LogP contribution in [0.1, 0.15) is 24.1 Å². The normalized spacial score (nSPS) is 17.6. The summed E-state index contributed by atoms with van der Waals surface area (Å²) in [6.45, 7) is 6.49. The largest absolute Gasteiger partial charge is 0.493 e. The highest BCUT2D eigenvalue weighted by Gasteiger charge is 2.24. The number of hydrogen-bond donors (Lipinski definition) is 1. The van der Waals surface area contributed by atoms with Gasteiger partial charge in [0.05, 0.1) is 13.7 Å². The molecule has 5 nitrogen and oxygen atoms in total. The molecule has 1 aliphatic rings. The van der Waals surface area contributed by atoms with E-state index < -0.39 is 0 Å². The molecule has 1 aromatic carbocycles. The first-order valence-corrected chi connectivity index (χ1v) is 8.46. The van der Waals surface area contributed by atoms with Crippen molar-refractivity contribution in [1.82, 2.24) is 15.2 Å². The number of nitrogens with zero attached hydrogens (tertiary/aromatic N) is 2. The standard InChI is InChI=1S/C19H25N3O2.ClH/c1-3-24-19-12-15(4-5-18(19)23-2)14-22-11-10-21-13-17(22)16-6-8-20-9-7-16;/h4-9,12,17,21H,3,10-11,13-14H2,1-2H3;1H. The van der Waals surface area contributed by atoms with Crippen LogP contribution < -0.4 is 14.8 Å². The van der Waals surface area contributed by atoms with Crippen molar-refractivity contribution in [3.63, 3.8) is 0 Å². The number of rotatable bonds is 6. The van der Waals surface area contributed by atoms with Crippen LogP contribution in [-0.2, 0) is 6.54 Å². The lowest BCUT2D eigenvalue weighted by Crippen LogP contribution is -2.45. The topological polar surface area (TPSA) is 46.6 Å². The lowest BCUT2D eigenvalue weighted by Gasteiger charge is -2.36. The van der Waals surface area contributed by atoms with Crippen LogP contribution in [0.2, 0.25) is 0 Å². The van der Waals surface area contributed by atoms with Crippen LogP contribution in [0.25, 0.3) is 0 Å². The van der Waals surface area contributed by atoms with E-state index in [9.17, 15) is 0 Å². The monoisotopic (exact) mass is 363 g/mol. The molecular weight excluding hydrogens is 338 g/mol. The van der Waals surface area contributed by atoms with Crippen molar-refractivity contribution in [1.29, 1.82) is 0 Å². The zero-order chi connectivity index (χ0) is 16.8. The van der Waals surface area contributed by atoms with E-state index in [0.717, 1.165) is 37.7 Å². The van der Waals surface area contributed by atoms with Crippen LogP contribution in [0, 0.1) is 0 Å². The Hall–Kier alpha value is -1.82. The Kier molecular flexibility index (Phi) is 7.50. The molecule has 0 saturated carbocycles. The molecule has 1 atom stereocenters. The van der Waals surface area contributed by atoms with Gasteiger partial charge in [-0.15, -0.1) is 12.4 Å². The molecule has 3 rings (SSSR count). The van der Waals surface area contributed by atoms with Crippen molar-refractivity contribution in [3.8, 4) is 11.5 Å². The number of benzene rings is 1. The van der Waals surface area contributed by atoms with Crippen LogP contribution >= 0.6 is 12.4 Å². The Morgan fingerprint density at radius 2 is 2.00 bits per heavy atom. The molecule has 1 aliphatic heterocycles. The molecule has 0 bridgehead atoms. The van der Waals surface area contributed by atoms with Gasteiger partial charge in [0.2, 0.25) is 0 Å². The lowest BCUT2D eigenvalue weighted by molar-refractivity contribution is 0.153. The number of piperazine rings is 1. The fourth-order valence-electron chi connectivity index (χ4n) is 3.17. The fraction of sp³-hybridized carbons (Fsp3) is 0.421. The van der Waals surface area contributed by atoms with Crippen molar-refractivity contribution in [3.05, 3.63) is 53.9 Å². The third-order valence-electron chi connectivity index (χ3n) is 4.36. The summed E-state index contributed by atoms with van der Waals surface area (Å²) in [5.74, 6) is 1.60. The number of pyridine rings is 1. The third-order valence-corrected chi connectivity index (χ3v) is 4.36. The van der Waals surface area contributed by atoms with Gasteiger partial charge in [-0.2, -0.15) is 0 Å². The summed E-state index contributed by atoms with van der Waals surface area (Å²) in [6, 6.07) is 10.8. The molecule has 1 aromatic heterocycles. The van der Waals surface area contributed by atoms with E-state index in [-0.39, 0.29) is 12.4 Å². The average Bonchev–Trinajstić information content (AvgIpc) is 2.63. The van der Waals surface area contributed by atoms with Crippen LogP contribution in [0.5, 0.6) is 11.5 Å². The first kappa shape index (κ1) is 19.5. The van der Waals surface area contributed by atoms with Gasteiger partial charge >= 0.3 is 0 Å². The molecule has 1 N–H and O–H groups in total. The Labute approximate surface area is 155 Å². The second-order valence-electron chi connectivity index (χ2n) is 5.89. The highest BCUT2D eigenvalue weighted by molar-refractivity contribution is 5.85. The summed E-state index contributed by atoms with van der Waals surface area (Å²) < 4.78 is 11.1. The van der Waals surface area contributed by atoms with Gasteiger partial charge in [-0.05, 0) is 42.3 Å². The maximum atomic E-state index is 5.71. The van der Waals surface area contributed by atoms with Gasteiger partial charge < -0.3 is 14.8 Å². The maximum absolute atomic E-state index is 5.71. The predicted octanol–water partition coefficient (Wildman–Crippen LogP) is 3.06. The molecule has 0 amide bonds. The summed E-state index contributed by atoms with van der Waals surface area (Å²) in [4.78, 5) is 6.63. The third kappa shape index (κ3) is 4.84. The number of nitrogens with one attached hydrogen (secondary N) is 1. The van der Waals surface area contributed by atoms with E-state index in [1.165, 1.54) is 11.1 Å². The summed E-state index contributed by atoms with van der Waals surface area (Å²) in [5, 5.41) is 3.49. The second-order valence-corrected chi connectivity index (χ2v) is 5.89. The molecule has 2 aromatic rings. The Balaban J connectivity index is 0.00000225. The highest BCUT2D eigenvalue weighted by atomic mass is 35.5. The SMILES string of the molecule is CCOc1cc(CN2CCNCC2c2ccncc2)ccc1OC.Cl. The number of halogens is 1. The van der Waals surface area contributed by atoms with Crippen molar-refractivity contribution >= 4 is 12.4 Å². The van der Waals surface area contributed by atoms with E-state index in [2.05, 4.69) is 39.5 Å². The van der Waals surface area contributed by atoms with Gasteiger partial charge in [0, 0.05) is 44.6 Å². The second kappa shape index (κ2) is 9.61. The van der Waals surface area contributed by atoms with Gasteiger partial charge in [0.15, 0.2) is 11.5 Å². The first-order chi connectivity index (χ1) is 11.8. The molecule has 136 valence electrons. The molecule has 0 spiro atoms. The van der Waals surface area contributed by atoms with E-state index in [1.54, 1.807) is 7.11 Å². The molecule has 2 heterocycles. The van der Waals surface area contributed by atoms with Gasteiger partial charge in [-0.3, -0.25) is 9.88 Å². The minimum Gasteiger partial charge on any atom is -0.493 e. The summed E-state index contributed by atoms with van der Waals surface area (Å²) in [6.07, 6.45) is 3.73. The van der Waals surface area contributed by atoms with Crippen molar-refractivity contribution in [2.24, 2.45) is 0 Å².